The Labute approximate surface area is 247 Å². The van der Waals surface area contributed by atoms with Crippen molar-refractivity contribution in [3.63, 3.8) is 0 Å². The average molecular weight is 601 g/mol. The van der Waals surface area contributed by atoms with Gasteiger partial charge in [0.2, 0.25) is 0 Å². The second-order valence-electron chi connectivity index (χ2n) is 9.97. The molecule has 0 saturated heterocycles. The number of amides is 2. The maximum atomic E-state index is 14.1. The van der Waals surface area contributed by atoms with Crippen LogP contribution in [-0.2, 0) is 13.2 Å². The van der Waals surface area contributed by atoms with Gasteiger partial charge in [-0.05, 0) is 43.2 Å². The molecule has 0 fully saturated rings. The zero-order valence-electron chi connectivity index (χ0n) is 23.1. The van der Waals surface area contributed by atoms with E-state index in [4.69, 9.17) is 10.7 Å². The molecule has 0 aliphatic heterocycles. The highest BCUT2D eigenvalue weighted by molar-refractivity contribution is 7.21. The van der Waals surface area contributed by atoms with Crippen molar-refractivity contribution >= 4 is 50.0 Å². The molecule has 216 valence electrons. The molecule has 0 aliphatic rings. The van der Waals surface area contributed by atoms with Crippen LogP contribution in [0.25, 0.3) is 43.5 Å². The standard InChI is InChI=1S/C31H23F3N6O2S/c1-15-24(16(2)40(3)39-15)22-13-20(18-11-7-8-12-21(18)36-22)29(42)38-26-25-19(17-9-5-4-6-10-17)14-23(31(32,33)34)37-30(25)43-27(26)28(35)41/h4-14H,1-3H3,(H2,35,41)(H,38,42). The molecule has 3 N–H and O–H groups in total. The van der Waals surface area contributed by atoms with E-state index in [1.54, 1.807) is 65.3 Å². The molecule has 2 amide bonds. The minimum atomic E-state index is -4.74. The zero-order valence-corrected chi connectivity index (χ0v) is 23.9. The van der Waals surface area contributed by atoms with Gasteiger partial charge >= 0.3 is 6.18 Å². The van der Waals surface area contributed by atoms with Gasteiger partial charge in [-0.15, -0.1) is 11.3 Å². The van der Waals surface area contributed by atoms with Crippen molar-refractivity contribution in [2.24, 2.45) is 12.8 Å². The predicted molar refractivity (Wildman–Crippen MR) is 160 cm³/mol. The molecule has 0 unspecified atom stereocenters. The Bertz CT molecular complexity index is 2080. The van der Waals surface area contributed by atoms with Gasteiger partial charge in [0.1, 0.15) is 15.4 Å². The summed E-state index contributed by atoms with van der Waals surface area (Å²) in [4.78, 5) is 35.0. The molecular formula is C31H23F3N6O2S. The number of alkyl halides is 3. The number of para-hydroxylation sites is 1. The van der Waals surface area contributed by atoms with Crippen LogP contribution in [0.4, 0.5) is 18.9 Å². The van der Waals surface area contributed by atoms with Crippen LogP contribution >= 0.6 is 11.3 Å². The smallest absolute Gasteiger partial charge is 0.365 e. The highest BCUT2D eigenvalue weighted by atomic mass is 32.1. The summed E-state index contributed by atoms with van der Waals surface area (Å²) < 4.78 is 43.3. The minimum Gasteiger partial charge on any atom is -0.365 e. The number of carbonyl (C=O) groups is 2. The number of halogens is 3. The third-order valence-corrected chi connectivity index (χ3v) is 8.32. The number of primary amides is 1. The van der Waals surface area contributed by atoms with Crippen LogP contribution < -0.4 is 11.1 Å². The van der Waals surface area contributed by atoms with E-state index < -0.39 is 23.7 Å². The number of hydrogen-bond acceptors (Lipinski definition) is 6. The first-order chi connectivity index (χ1) is 20.4. The van der Waals surface area contributed by atoms with Crippen LogP contribution in [0.3, 0.4) is 0 Å². The third-order valence-electron chi connectivity index (χ3n) is 7.23. The number of pyridine rings is 2. The number of rotatable bonds is 5. The van der Waals surface area contributed by atoms with Crippen molar-refractivity contribution in [1.82, 2.24) is 19.7 Å². The number of anilines is 1. The summed E-state index contributed by atoms with van der Waals surface area (Å²) in [7, 11) is 1.82. The largest absolute Gasteiger partial charge is 0.433 e. The maximum Gasteiger partial charge on any atom is 0.433 e. The summed E-state index contributed by atoms with van der Waals surface area (Å²) in [5.74, 6) is -1.51. The topological polar surface area (TPSA) is 116 Å². The average Bonchev–Trinajstić information content (AvgIpc) is 3.47. The Morgan fingerprint density at radius 1 is 0.977 bits per heavy atom. The molecule has 12 heteroatoms. The Morgan fingerprint density at radius 3 is 2.33 bits per heavy atom. The van der Waals surface area contributed by atoms with Crippen LogP contribution in [0, 0.1) is 13.8 Å². The Morgan fingerprint density at radius 2 is 1.67 bits per heavy atom. The molecule has 8 nitrogen and oxygen atoms in total. The van der Waals surface area contributed by atoms with Gasteiger partial charge in [0.15, 0.2) is 0 Å². The number of nitrogens with zero attached hydrogens (tertiary/aromatic N) is 4. The molecule has 0 aliphatic carbocycles. The summed E-state index contributed by atoms with van der Waals surface area (Å²) in [5, 5.41) is 8.00. The van der Waals surface area contributed by atoms with Crippen LogP contribution in [0.1, 0.15) is 37.1 Å². The van der Waals surface area contributed by atoms with E-state index in [0.717, 1.165) is 23.0 Å². The van der Waals surface area contributed by atoms with E-state index in [2.05, 4.69) is 15.4 Å². The lowest BCUT2D eigenvalue weighted by Crippen LogP contribution is -2.17. The van der Waals surface area contributed by atoms with Crippen molar-refractivity contribution in [1.29, 1.82) is 0 Å². The first-order valence-corrected chi connectivity index (χ1v) is 13.9. The lowest BCUT2D eigenvalue weighted by molar-refractivity contribution is -0.140. The highest BCUT2D eigenvalue weighted by Crippen LogP contribution is 2.44. The summed E-state index contributed by atoms with van der Waals surface area (Å²) in [6, 6.07) is 18.0. The molecule has 0 saturated carbocycles. The lowest BCUT2D eigenvalue weighted by Gasteiger charge is -2.14. The van der Waals surface area contributed by atoms with Crippen molar-refractivity contribution < 1.29 is 22.8 Å². The van der Waals surface area contributed by atoms with Crippen LogP contribution in [0.5, 0.6) is 0 Å². The Balaban J connectivity index is 1.57. The van der Waals surface area contributed by atoms with Crippen molar-refractivity contribution in [3.8, 4) is 22.4 Å². The van der Waals surface area contributed by atoms with Gasteiger partial charge in [0.05, 0.1) is 28.2 Å². The van der Waals surface area contributed by atoms with Crippen molar-refractivity contribution in [3.05, 3.63) is 94.3 Å². The number of aryl methyl sites for hydroxylation is 2. The third kappa shape index (κ3) is 4.89. The summed E-state index contributed by atoms with van der Waals surface area (Å²) in [6.45, 7) is 3.75. The number of fused-ring (bicyclic) bond motifs is 2. The molecular weight excluding hydrogens is 577 g/mol. The molecule has 4 aromatic heterocycles. The van der Waals surface area contributed by atoms with Gasteiger partial charge in [-0.1, -0.05) is 48.5 Å². The van der Waals surface area contributed by atoms with E-state index in [1.807, 2.05) is 20.9 Å². The number of aromatic nitrogens is 4. The van der Waals surface area contributed by atoms with Gasteiger partial charge in [-0.3, -0.25) is 14.3 Å². The Hall–Kier alpha value is -5.10. The molecule has 0 bridgehead atoms. The fourth-order valence-electron chi connectivity index (χ4n) is 5.20. The Kier molecular flexibility index (Phi) is 6.73. The maximum absolute atomic E-state index is 14.1. The first-order valence-electron chi connectivity index (χ1n) is 13.1. The number of thiophene rings is 1. The van der Waals surface area contributed by atoms with Crippen molar-refractivity contribution in [2.75, 3.05) is 5.32 Å². The number of nitrogens with one attached hydrogen (secondary N) is 1. The molecule has 6 rings (SSSR count). The summed E-state index contributed by atoms with van der Waals surface area (Å²) in [5.41, 5.74) is 8.84. The van der Waals surface area contributed by atoms with Gasteiger partial charge < -0.3 is 11.1 Å². The fraction of sp³-hybridized carbons (Fsp3) is 0.129. The zero-order chi connectivity index (χ0) is 30.6. The highest BCUT2D eigenvalue weighted by Gasteiger charge is 2.35. The second-order valence-corrected chi connectivity index (χ2v) is 11.0. The lowest BCUT2D eigenvalue weighted by atomic mass is 10.00. The molecule has 0 spiro atoms. The molecule has 4 heterocycles. The predicted octanol–water partition coefficient (Wildman–Crippen LogP) is 6.90. The SMILES string of the molecule is Cc1nn(C)c(C)c1-c1cc(C(=O)Nc2c(C(N)=O)sc3nc(C(F)(F)F)cc(-c4ccccc4)c23)c2ccccc2n1. The second kappa shape index (κ2) is 10.3. The molecule has 6 aromatic rings. The molecule has 2 aromatic carbocycles. The molecule has 0 atom stereocenters. The summed E-state index contributed by atoms with van der Waals surface area (Å²) >= 11 is 0.695. The number of carbonyl (C=O) groups excluding carboxylic acids is 2. The van der Waals surface area contributed by atoms with Crippen LogP contribution in [0.2, 0.25) is 0 Å². The van der Waals surface area contributed by atoms with E-state index in [9.17, 15) is 22.8 Å². The number of hydrogen-bond donors (Lipinski definition) is 2. The molecule has 43 heavy (non-hydrogen) atoms. The number of benzene rings is 2. The van der Waals surface area contributed by atoms with Crippen molar-refractivity contribution in [2.45, 2.75) is 20.0 Å². The van der Waals surface area contributed by atoms with Crippen LogP contribution in [-0.4, -0.2) is 31.6 Å². The monoisotopic (exact) mass is 600 g/mol. The summed E-state index contributed by atoms with van der Waals surface area (Å²) in [6.07, 6.45) is -4.74. The molecule has 0 radical (unpaired) electrons. The van der Waals surface area contributed by atoms with E-state index in [-0.39, 0.29) is 31.9 Å². The minimum absolute atomic E-state index is 0.00578. The first kappa shape index (κ1) is 28.0. The van der Waals surface area contributed by atoms with Gasteiger partial charge in [0, 0.05) is 29.1 Å². The van der Waals surface area contributed by atoms with Crippen LogP contribution in [0.15, 0.2) is 66.7 Å². The quantitative estimate of drug-likeness (QED) is 0.223. The van der Waals surface area contributed by atoms with E-state index in [0.29, 0.717) is 33.5 Å². The normalized spacial score (nSPS) is 11.8. The van der Waals surface area contributed by atoms with Gasteiger partial charge in [0.25, 0.3) is 11.8 Å². The number of nitrogens with two attached hydrogens (primary N) is 1. The van der Waals surface area contributed by atoms with E-state index >= 15 is 0 Å². The van der Waals surface area contributed by atoms with Gasteiger partial charge in [-0.2, -0.15) is 18.3 Å². The van der Waals surface area contributed by atoms with Gasteiger partial charge in [-0.25, -0.2) is 9.97 Å². The fourth-order valence-corrected chi connectivity index (χ4v) is 6.21. The van der Waals surface area contributed by atoms with E-state index in [1.165, 1.54) is 0 Å².